The highest BCUT2D eigenvalue weighted by molar-refractivity contribution is 5.74. The van der Waals surface area contributed by atoms with Gasteiger partial charge >= 0.3 is 11.9 Å². The minimum atomic E-state index is -0.779. The number of nitrogens with zero attached hydrogens (tertiary/aromatic N) is 1. The van der Waals surface area contributed by atoms with Crippen LogP contribution in [0.3, 0.4) is 0 Å². The van der Waals surface area contributed by atoms with Gasteiger partial charge in [0.1, 0.15) is 6.04 Å². The Kier molecular flexibility index (Phi) is 4.73. The van der Waals surface area contributed by atoms with E-state index < -0.39 is 12.0 Å². The summed E-state index contributed by atoms with van der Waals surface area (Å²) >= 11 is 0. The van der Waals surface area contributed by atoms with E-state index in [-0.39, 0.29) is 11.9 Å². The Bertz CT molecular complexity index is 259. The van der Waals surface area contributed by atoms with Crippen molar-refractivity contribution in [1.82, 2.24) is 4.90 Å². The van der Waals surface area contributed by atoms with Crippen molar-refractivity contribution in [2.24, 2.45) is 5.92 Å². The zero-order chi connectivity index (χ0) is 12.1. The van der Waals surface area contributed by atoms with Gasteiger partial charge in [-0.2, -0.15) is 0 Å². The number of carboxylic acids is 1. The van der Waals surface area contributed by atoms with Crippen LogP contribution < -0.4 is 0 Å². The third-order valence-electron chi connectivity index (χ3n) is 3.18. The summed E-state index contributed by atoms with van der Waals surface area (Å²) < 4.78 is 4.69. The van der Waals surface area contributed by atoms with E-state index >= 15 is 0 Å². The van der Waals surface area contributed by atoms with Crippen LogP contribution in [-0.4, -0.2) is 48.2 Å². The molecule has 0 bridgehead atoms. The zero-order valence-electron chi connectivity index (χ0n) is 9.81. The van der Waals surface area contributed by atoms with Gasteiger partial charge in [-0.3, -0.25) is 14.5 Å². The Balaban J connectivity index is 2.47. The average Bonchev–Trinajstić information content (AvgIpc) is 2.29. The smallest absolute Gasteiger partial charge is 0.320 e. The summed E-state index contributed by atoms with van der Waals surface area (Å²) in [5.74, 6) is -1.02. The molecular formula is C11H19NO4. The summed E-state index contributed by atoms with van der Waals surface area (Å²) in [5.41, 5.74) is 0. The first-order chi connectivity index (χ1) is 7.60. The van der Waals surface area contributed by atoms with Crippen molar-refractivity contribution in [2.75, 3.05) is 20.2 Å². The molecule has 0 radical (unpaired) electrons. The number of carbonyl (C=O) groups is 2. The quantitative estimate of drug-likeness (QED) is 0.720. The maximum Gasteiger partial charge on any atom is 0.320 e. The Labute approximate surface area is 95.4 Å². The van der Waals surface area contributed by atoms with E-state index in [4.69, 9.17) is 5.11 Å². The molecule has 1 heterocycles. The first-order valence-corrected chi connectivity index (χ1v) is 5.64. The van der Waals surface area contributed by atoms with Gasteiger partial charge in [0.15, 0.2) is 0 Å². The number of piperidine rings is 1. The maximum atomic E-state index is 11.3. The van der Waals surface area contributed by atoms with Crippen LogP contribution in [0.2, 0.25) is 0 Å². The fraction of sp³-hybridized carbons (Fsp3) is 0.818. The molecule has 0 saturated carbocycles. The number of carboxylic acid groups (broad SMARTS) is 1. The molecule has 0 aromatic heterocycles. The van der Waals surface area contributed by atoms with Crippen LogP contribution >= 0.6 is 0 Å². The van der Waals surface area contributed by atoms with Gasteiger partial charge in [0.2, 0.25) is 0 Å². The summed E-state index contributed by atoms with van der Waals surface area (Å²) in [4.78, 5) is 24.2. The second kappa shape index (κ2) is 5.84. The topological polar surface area (TPSA) is 66.8 Å². The van der Waals surface area contributed by atoms with Crippen molar-refractivity contribution in [3.8, 4) is 0 Å². The lowest BCUT2D eigenvalue weighted by atomic mass is 9.95. The van der Waals surface area contributed by atoms with Gasteiger partial charge in [0, 0.05) is 0 Å². The highest BCUT2D eigenvalue weighted by atomic mass is 16.5. The first-order valence-electron chi connectivity index (χ1n) is 5.64. The molecule has 0 aliphatic carbocycles. The van der Waals surface area contributed by atoms with E-state index in [9.17, 15) is 9.59 Å². The van der Waals surface area contributed by atoms with Crippen LogP contribution in [0, 0.1) is 5.92 Å². The molecular weight excluding hydrogens is 210 g/mol. The van der Waals surface area contributed by atoms with Crippen molar-refractivity contribution in [3.05, 3.63) is 0 Å². The number of hydrogen-bond acceptors (Lipinski definition) is 4. The molecule has 1 unspecified atom stereocenters. The molecule has 0 aromatic carbocycles. The minimum absolute atomic E-state index is 0.0625. The lowest BCUT2D eigenvalue weighted by molar-refractivity contribution is -0.148. The van der Waals surface area contributed by atoms with Crippen LogP contribution in [0.15, 0.2) is 0 Å². The fourth-order valence-corrected chi connectivity index (χ4v) is 2.20. The Morgan fingerprint density at radius 1 is 1.44 bits per heavy atom. The van der Waals surface area contributed by atoms with Crippen molar-refractivity contribution in [2.45, 2.75) is 32.2 Å². The number of esters is 1. The number of carbonyl (C=O) groups excluding carboxylic acids is 1. The van der Waals surface area contributed by atoms with E-state index in [1.807, 2.05) is 11.8 Å². The molecule has 92 valence electrons. The first kappa shape index (κ1) is 13.0. The highest BCUT2D eigenvalue weighted by Crippen LogP contribution is 2.21. The van der Waals surface area contributed by atoms with Crippen molar-refractivity contribution in [1.29, 1.82) is 0 Å². The summed E-state index contributed by atoms with van der Waals surface area (Å²) in [7, 11) is 1.39. The van der Waals surface area contributed by atoms with Crippen LogP contribution in [0.5, 0.6) is 0 Å². The molecule has 0 aromatic rings. The predicted molar refractivity (Wildman–Crippen MR) is 58.0 cm³/mol. The van der Waals surface area contributed by atoms with Crippen LogP contribution in [0.25, 0.3) is 0 Å². The molecule has 1 rings (SSSR count). The van der Waals surface area contributed by atoms with E-state index in [1.165, 1.54) is 7.11 Å². The SMILES string of the molecule is CCC(C(=O)O)N1CCC(C(=O)OC)CC1. The molecule has 5 nitrogen and oxygen atoms in total. The molecule has 1 fully saturated rings. The van der Waals surface area contributed by atoms with E-state index in [0.717, 1.165) is 0 Å². The standard InChI is InChI=1S/C11H19NO4/c1-3-9(10(13)14)12-6-4-8(5-7-12)11(15)16-2/h8-9H,3-7H2,1-2H3,(H,13,14). The number of methoxy groups -OCH3 is 1. The highest BCUT2D eigenvalue weighted by Gasteiger charge is 2.31. The minimum Gasteiger partial charge on any atom is -0.480 e. The van der Waals surface area contributed by atoms with Gasteiger partial charge in [0.05, 0.1) is 13.0 Å². The summed E-state index contributed by atoms with van der Waals surface area (Å²) in [5, 5.41) is 9.01. The van der Waals surface area contributed by atoms with Gasteiger partial charge < -0.3 is 9.84 Å². The Morgan fingerprint density at radius 2 is 2.00 bits per heavy atom. The van der Waals surface area contributed by atoms with E-state index in [2.05, 4.69) is 4.74 Å². The zero-order valence-corrected chi connectivity index (χ0v) is 9.81. The lowest BCUT2D eigenvalue weighted by Crippen LogP contribution is -2.46. The summed E-state index contributed by atoms with van der Waals surface area (Å²) in [6, 6.07) is -0.418. The molecule has 5 heteroatoms. The van der Waals surface area contributed by atoms with Crippen LogP contribution in [-0.2, 0) is 14.3 Å². The number of ether oxygens (including phenoxy) is 1. The largest absolute Gasteiger partial charge is 0.480 e. The van der Waals surface area contributed by atoms with Gasteiger partial charge in [-0.15, -0.1) is 0 Å². The molecule has 1 aliphatic rings. The van der Waals surface area contributed by atoms with Crippen molar-refractivity contribution < 1.29 is 19.4 Å². The number of rotatable bonds is 4. The second-order valence-electron chi connectivity index (χ2n) is 4.10. The molecule has 1 saturated heterocycles. The van der Waals surface area contributed by atoms with Gasteiger partial charge in [-0.25, -0.2) is 0 Å². The van der Waals surface area contributed by atoms with Gasteiger partial charge in [-0.05, 0) is 32.4 Å². The maximum absolute atomic E-state index is 11.3. The number of likely N-dealkylation sites (tertiary alicyclic amines) is 1. The Hall–Kier alpha value is -1.10. The average molecular weight is 229 g/mol. The lowest BCUT2D eigenvalue weighted by Gasteiger charge is -2.34. The van der Waals surface area contributed by atoms with Crippen molar-refractivity contribution in [3.63, 3.8) is 0 Å². The third-order valence-corrected chi connectivity index (χ3v) is 3.18. The molecule has 1 aliphatic heterocycles. The monoisotopic (exact) mass is 229 g/mol. The molecule has 1 atom stereocenters. The van der Waals surface area contributed by atoms with Gasteiger partial charge in [0.25, 0.3) is 0 Å². The second-order valence-corrected chi connectivity index (χ2v) is 4.10. The van der Waals surface area contributed by atoms with Gasteiger partial charge in [-0.1, -0.05) is 6.92 Å². The Morgan fingerprint density at radius 3 is 2.38 bits per heavy atom. The van der Waals surface area contributed by atoms with E-state index in [0.29, 0.717) is 32.4 Å². The molecule has 0 amide bonds. The summed E-state index contributed by atoms with van der Waals surface area (Å²) in [6.45, 7) is 3.18. The molecule has 0 spiro atoms. The number of hydrogen-bond donors (Lipinski definition) is 1. The summed E-state index contributed by atoms with van der Waals surface area (Å²) in [6.07, 6.45) is 1.98. The fourth-order valence-electron chi connectivity index (χ4n) is 2.20. The number of aliphatic carboxylic acids is 1. The third kappa shape index (κ3) is 2.95. The predicted octanol–water partition coefficient (Wildman–Crippen LogP) is 0.735. The van der Waals surface area contributed by atoms with E-state index in [1.54, 1.807) is 0 Å². The van der Waals surface area contributed by atoms with Crippen molar-refractivity contribution >= 4 is 11.9 Å². The molecule has 1 N–H and O–H groups in total. The van der Waals surface area contributed by atoms with Crippen LogP contribution in [0.4, 0.5) is 0 Å². The normalized spacial score (nSPS) is 20.4. The van der Waals surface area contributed by atoms with Crippen LogP contribution in [0.1, 0.15) is 26.2 Å². The molecule has 16 heavy (non-hydrogen) atoms.